The van der Waals surface area contributed by atoms with Crippen molar-refractivity contribution in [2.75, 3.05) is 5.75 Å². The second-order valence-electron chi connectivity index (χ2n) is 1.59. The molecule has 0 amide bonds. The number of alkyl halides is 2. The average molecular weight is 216 g/mol. The second-order valence-corrected chi connectivity index (χ2v) is 3.58. The van der Waals surface area contributed by atoms with Crippen LogP contribution in [0.3, 0.4) is 0 Å². The first-order valence-corrected chi connectivity index (χ1v) is 4.34. The summed E-state index contributed by atoms with van der Waals surface area (Å²) < 4.78 is 51.6. The zero-order valence-electron chi connectivity index (χ0n) is 6.79. The third-order valence-electron chi connectivity index (χ3n) is 0.780. The Morgan fingerprint density at radius 3 is 2.00 bits per heavy atom. The maximum Gasteiger partial charge on any atom is 1.00 e. The van der Waals surface area contributed by atoms with Crippen molar-refractivity contribution in [1.82, 2.24) is 0 Å². The molecular weight excluding hydrogens is 209 g/mol. The molecule has 0 atom stereocenters. The minimum absolute atomic E-state index is 0. The number of hydrogen-bond donors (Lipinski definition) is 2. The predicted octanol–water partition coefficient (Wildman–Crippen LogP) is -2.10. The number of halogens is 2. The molecule has 0 aliphatic carbocycles. The SMILES string of the molecule is O=S(=O)(O)C(F)(F)CCS.[H-].[Na+]. The fraction of sp³-hybridized carbons (Fsp3) is 1.00. The quantitative estimate of drug-likeness (QED) is 0.323. The van der Waals surface area contributed by atoms with E-state index in [1.165, 1.54) is 0 Å². The first-order chi connectivity index (χ1) is 4.31. The van der Waals surface area contributed by atoms with Gasteiger partial charge < -0.3 is 1.43 Å². The van der Waals surface area contributed by atoms with Crippen molar-refractivity contribution in [2.24, 2.45) is 0 Å². The van der Waals surface area contributed by atoms with Crippen molar-refractivity contribution in [2.45, 2.75) is 11.7 Å². The Morgan fingerprint density at radius 1 is 1.55 bits per heavy atom. The molecule has 0 spiro atoms. The third-order valence-corrected chi connectivity index (χ3v) is 1.96. The van der Waals surface area contributed by atoms with Crippen LogP contribution < -0.4 is 29.6 Å². The molecule has 0 heterocycles. The summed E-state index contributed by atoms with van der Waals surface area (Å²) in [5.74, 6) is -0.299. The zero-order valence-corrected chi connectivity index (χ0v) is 9.50. The van der Waals surface area contributed by atoms with Gasteiger partial charge in [-0.1, -0.05) is 0 Å². The van der Waals surface area contributed by atoms with Gasteiger partial charge >= 0.3 is 44.9 Å². The summed E-state index contributed by atoms with van der Waals surface area (Å²) in [7, 11) is -5.25. The predicted molar refractivity (Wildman–Crippen MR) is 36.1 cm³/mol. The molecule has 0 bridgehead atoms. The molecule has 0 aliphatic heterocycles. The van der Waals surface area contributed by atoms with Gasteiger partial charge in [0.05, 0.1) is 0 Å². The molecule has 0 unspecified atom stereocenters. The third kappa shape index (κ3) is 4.64. The van der Waals surface area contributed by atoms with E-state index >= 15 is 0 Å². The second kappa shape index (κ2) is 4.98. The van der Waals surface area contributed by atoms with Gasteiger partial charge in [-0.2, -0.15) is 29.8 Å². The Labute approximate surface area is 92.5 Å². The number of thiol groups is 1. The number of hydrogen-bond acceptors (Lipinski definition) is 3. The van der Waals surface area contributed by atoms with Crippen LogP contribution in [0, 0.1) is 0 Å². The van der Waals surface area contributed by atoms with Crippen LogP contribution in [-0.2, 0) is 10.1 Å². The van der Waals surface area contributed by atoms with Gasteiger partial charge in [0.2, 0.25) is 0 Å². The first-order valence-electron chi connectivity index (χ1n) is 2.27. The van der Waals surface area contributed by atoms with Gasteiger partial charge in [0.15, 0.2) is 0 Å². The summed E-state index contributed by atoms with van der Waals surface area (Å²) in [6.07, 6.45) is -0.977. The molecule has 0 fully saturated rings. The van der Waals surface area contributed by atoms with Crippen LogP contribution in [0.1, 0.15) is 7.85 Å². The Bertz CT molecular complexity index is 208. The van der Waals surface area contributed by atoms with E-state index in [9.17, 15) is 17.2 Å². The zero-order chi connectivity index (χ0) is 8.41. The maximum absolute atomic E-state index is 12.0. The van der Waals surface area contributed by atoms with Gasteiger partial charge in [-0.3, -0.25) is 4.55 Å². The van der Waals surface area contributed by atoms with E-state index in [0.717, 1.165) is 0 Å². The topological polar surface area (TPSA) is 54.4 Å². The molecule has 0 aromatic heterocycles. The molecule has 0 aromatic carbocycles. The molecule has 1 N–H and O–H groups in total. The van der Waals surface area contributed by atoms with Crippen molar-refractivity contribution >= 4 is 22.7 Å². The summed E-state index contributed by atoms with van der Waals surface area (Å²) in [6, 6.07) is 0. The van der Waals surface area contributed by atoms with Crippen LogP contribution in [0.25, 0.3) is 0 Å². The van der Waals surface area contributed by atoms with Crippen molar-refractivity contribution in [3.63, 3.8) is 0 Å². The van der Waals surface area contributed by atoms with Crippen LogP contribution in [0.2, 0.25) is 0 Å². The van der Waals surface area contributed by atoms with E-state index in [-0.39, 0.29) is 36.7 Å². The minimum Gasteiger partial charge on any atom is -1.00 e. The van der Waals surface area contributed by atoms with Gasteiger partial charge in [0, 0.05) is 6.42 Å². The maximum atomic E-state index is 12.0. The van der Waals surface area contributed by atoms with Crippen LogP contribution in [0.4, 0.5) is 8.78 Å². The van der Waals surface area contributed by atoms with Crippen molar-refractivity contribution in [3.05, 3.63) is 0 Å². The molecule has 0 radical (unpaired) electrons. The molecule has 0 saturated heterocycles. The van der Waals surface area contributed by atoms with E-state index < -0.39 is 21.8 Å². The van der Waals surface area contributed by atoms with Crippen molar-refractivity contribution in [1.29, 1.82) is 0 Å². The molecule has 0 rings (SSSR count). The Morgan fingerprint density at radius 2 is 1.91 bits per heavy atom. The Kier molecular flexibility index (Phi) is 6.63. The van der Waals surface area contributed by atoms with E-state index in [1.807, 2.05) is 0 Å². The monoisotopic (exact) mass is 216 g/mol. The van der Waals surface area contributed by atoms with E-state index in [0.29, 0.717) is 0 Å². The molecule has 8 heteroatoms. The normalized spacial score (nSPS) is 12.4. The summed E-state index contributed by atoms with van der Waals surface area (Å²) in [6.45, 7) is 0. The fourth-order valence-corrected chi connectivity index (χ4v) is 1.05. The molecule has 0 aromatic rings. The molecular formula is C3H7F2NaO3S2. The number of rotatable bonds is 3. The smallest absolute Gasteiger partial charge is 1.00 e. The van der Waals surface area contributed by atoms with Crippen molar-refractivity contribution in [3.8, 4) is 0 Å². The molecule has 0 saturated carbocycles. The van der Waals surface area contributed by atoms with Crippen LogP contribution in [0.5, 0.6) is 0 Å². The minimum atomic E-state index is -5.25. The van der Waals surface area contributed by atoms with Crippen LogP contribution >= 0.6 is 12.6 Å². The average Bonchev–Trinajstić information content (AvgIpc) is 1.61. The summed E-state index contributed by atoms with van der Waals surface area (Å²) in [4.78, 5) is 0. The molecule has 0 aliphatic rings. The Hall–Kier alpha value is 1.12. The van der Waals surface area contributed by atoms with Crippen LogP contribution in [-0.4, -0.2) is 24.0 Å². The van der Waals surface area contributed by atoms with Gasteiger partial charge in [-0.05, 0) is 5.75 Å². The van der Waals surface area contributed by atoms with Crippen LogP contribution in [0.15, 0.2) is 0 Å². The molecule has 64 valence electrons. The fourth-order valence-electron chi connectivity index (χ4n) is 0.259. The van der Waals surface area contributed by atoms with E-state index in [2.05, 4.69) is 12.6 Å². The summed E-state index contributed by atoms with van der Waals surface area (Å²) >= 11 is 3.39. The Balaban J connectivity index is -0.000000405. The van der Waals surface area contributed by atoms with E-state index in [1.54, 1.807) is 0 Å². The summed E-state index contributed by atoms with van der Waals surface area (Å²) in [5, 5.41) is -4.06. The van der Waals surface area contributed by atoms with Crippen molar-refractivity contribution < 1.29 is 52.7 Å². The molecule has 11 heavy (non-hydrogen) atoms. The largest absolute Gasteiger partial charge is 1.00 e. The molecule has 3 nitrogen and oxygen atoms in total. The summed E-state index contributed by atoms with van der Waals surface area (Å²) in [5.41, 5.74) is 0. The van der Waals surface area contributed by atoms with Gasteiger partial charge in [0.1, 0.15) is 0 Å². The van der Waals surface area contributed by atoms with E-state index in [4.69, 9.17) is 4.55 Å². The standard InChI is InChI=1S/C3H6F2O3S2.Na.H/c4-3(5,1-2-9)10(6,7)8;;/h9H,1-2H2,(H,6,7,8);;/q;+1;-1. The van der Waals surface area contributed by atoms with Gasteiger partial charge in [-0.15, -0.1) is 0 Å². The van der Waals surface area contributed by atoms with Gasteiger partial charge in [0.25, 0.3) is 0 Å². The van der Waals surface area contributed by atoms with Gasteiger partial charge in [-0.25, -0.2) is 0 Å². The first kappa shape index (κ1) is 14.6.